The smallest absolute Gasteiger partial charge is 0.224 e. The quantitative estimate of drug-likeness (QED) is 0.363. The molecule has 7 rings (SSSR count). The van der Waals surface area contributed by atoms with Crippen LogP contribution in [0, 0.1) is 6.92 Å². The lowest BCUT2D eigenvalue weighted by molar-refractivity contribution is 0.241. The number of fused-ring (bicyclic) bond motifs is 3. The number of nitrogens with one attached hydrogen (secondary N) is 1. The second kappa shape index (κ2) is 8.80. The summed E-state index contributed by atoms with van der Waals surface area (Å²) in [5, 5.41) is 8.56. The van der Waals surface area contributed by atoms with Gasteiger partial charge < -0.3 is 19.7 Å². The van der Waals surface area contributed by atoms with Crippen molar-refractivity contribution in [3.63, 3.8) is 0 Å². The first kappa shape index (κ1) is 22.7. The highest BCUT2D eigenvalue weighted by Gasteiger charge is 2.46. The summed E-state index contributed by atoms with van der Waals surface area (Å²) in [4.78, 5) is 22.6. The first-order valence-corrected chi connectivity index (χ1v) is 12.6. The number of aromatic nitrogens is 6. The summed E-state index contributed by atoms with van der Waals surface area (Å²) in [6.07, 6.45) is 5.80. The van der Waals surface area contributed by atoms with Crippen LogP contribution in [-0.2, 0) is 0 Å². The van der Waals surface area contributed by atoms with E-state index in [9.17, 15) is 0 Å². The van der Waals surface area contributed by atoms with Gasteiger partial charge in [-0.1, -0.05) is 0 Å². The Morgan fingerprint density at radius 1 is 0.974 bits per heavy atom. The third-order valence-corrected chi connectivity index (χ3v) is 7.62. The molecule has 2 aliphatic heterocycles. The molecule has 38 heavy (non-hydrogen) atoms. The molecule has 0 amide bonds. The summed E-state index contributed by atoms with van der Waals surface area (Å²) in [5.41, 5.74) is 4.45. The first-order chi connectivity index (χ1) is 18.6. The lowest BCUT2D eigenvalue weighted by atomic mass is 9.94. The van der Waals surface area contributed by atoms with Crippen LogP contribution < -0.4 is 19.7 Å². The van der Waals surface area contributed by atoms with Crippen molar-refractivity contribution < 1.29 is 9.47 Å². The number of hydrogen-bond acceptors (Lipinski definition) is 10. The Morgan fingerprint density at radius 3 is 2.71 bits per heavy atom. The molecular weight excluding hydrogens is 482 g/mol. The number of nitrogens with zero attached hydrogens (tertiary/aromatic N) is 8. The van der Waals surface area contributed by atoms with Crippen LogP contribution in [0.4, 0.5) is 17.2 Å². The molecule has 5 aromatic rings. The molecule has 0 saturated carbocycles. The summed E-state index contributed by atoms with van der Waals surface area (Å²) < 4.78 is 13.5. The highest BCUT2D eigenvalue weighted by molar-refractivity contribution is 6.04. The number of aryl methyl sites for hydroxylation is 1. The third kappa shape index (κ3) is 3.66. The minimum absolute atomic E-state index is 0.457. The van der Waals surface area contributed by atoms with E-state index in [-0.39, 0.29) is 0 Å². The largest absolute Gasteiger partial charge is 0.495 e. The maximum atomic E-state index is 6.04. The molecule has 3 aromatic heterocycles. The average molecular weight is 510 g/mol. The summed E-state index contributed by atoms with van der Waals surface area (Å²) in [7, 11) is 3.93. The van der Waals surface area contributed by atoms with Gasteiger partial charge in [0.2, 0.25) is 5.88 Å². The summed E-state index contributed by atoms with van der Waals surface area (Å²) in [6.45, 7) is 4.07. The van der Waals surface area contributed by atoms with Gasteiger partial charge in [0.05, 0.1) is 23.7 Å². The highest BCUT2D eigenvalue weighted by atomic mass is 16.5. The molecule has 0 unspecified atom stereocenters. The topological polar surface area (TPSA) is 106 Å². The van der Waals surface area contributed by atoms with Crippen LogP contribution >= 0.6 is 0 Å². The average Bonchev–Trinajstić information content (AvgIpc) is 3.49. The minimum atomic E-state index is 0.457. The number of benzene rings is 2. The van der Waals surface area contributed by atoms with Crippen molar-refractivity contribution in [1.82, 2.24) is 34.4 Å². The van der Waals surface area contributed by atoms with Crippen molar-refractivity contribution in [3.8, 4) is 17.4 Å². The van der Waals surface area contributed by atoms with Crippen LogP contribution in [0.2, 0.25) is 0 Å². The van der Waals surface area contributed by atoms with Crippen LogP contribution in [0.1, 0.15) is 12.0 Å². The van der Waals surface area contributed by atoms with Crippen molar-refractivity contribution >= 4 is 33.7 Å². The van der Waals surface area contributed by atoms with Crippen molar-refractivity contribution in [2.75, 3.05) is 37.5 Å². The van der Waals surface area contributed by atoms with Crippen LogP contribution in [0.25, 0.3) is 16.6 Å². The fourth-order valence-corrected chi connectivity index (χ4v) is 5.59. The molecule has 2 atom stereocenters. The highest BCUT2D eigenvalue weighted by Crippen LogP contribution is 2.46. The molecule has 2 aromatic carbocycles. The van der Waals surface area contributed by atoms with Gasteiger partial charge >= 0.3 is 0 Å². The van der Waals surface area contributed by atoms with Gasteiger partial charge in [-0.3, -0.25) is 4.90 Å². The summed E-state index contributed by atoms with van der Waals surface area (Å²) in [6, 6.07) is 12.7. The van der Waals surface area contributed by atoms with E-state index < -0.39 is 0 Å². The second-order valence-corrected chi connectivity index (χ2v) is 9.79. The van der Waals surface area contributed by atoms with E-state index in [4.69, 9.17) is 9.47 Å². The van der Waals surface area contributed by atoms with Crippen molar-refractivity contribution in [3.05, 3.63) is 60.9 Å². The fourth-order valence-electron chi connectivity index (χ4n) is 5.59. The van der Waals surface area contributed by atoms with Crippen molar-refractivity contribution in [2.45, 2.75) is 25.4 Å². The van der Waals surface area contributed by atoms with Crippen LogP contribution in [-0.4, -0.2) is 73.8 Å². The molecule has 0 bridgehead atoms. The third-order valence-electron chi connectivity index (χ3n) is 7.62. The number of likely N-dealkylation sites (tertiary alicyclic amines) is 1. The number of methoxy groups -OCH3 is 1. The Bertz CT molecular complexity index is 1670. The van der Waals surface area contributed by atoms with E-state index in [0.717, 1.165) is 58.9 Å². The van der Waals surface area contributed by atoms with Crippen LogP contribution in [0.5, 0.6) is 17.4 Å². The standard InChI is InChI=1S/C27H27N9O2/c1-16-10-17(4-6-21(16)38-24-11-23-29-14-32-36(23)15-31-24)33-27-25-18(28-13-30-27)5-7-22(37-3)26(25)35-12-20-19(35)8-9-34(20)2/h4-7,10-11,13-15,19-20H,8-9,12H2,1-3H3,(H,28,30,33)/t19-,20-/m1/s1. The second-order valence-electron chi connectivity index (χ2n) is 9.79. The molecule has 0 spiro atoms. The Kier molecular flexibility index (Phi) is 5.25. The van der Waals surface area contributed by atoms with Gasteiger partial charge in [-0.25, -0.2) is 24.5 Å². The maximum Gasteiger partial charge on any atom is 0.224 e. The number of likely N-dealkylation sites (N-methyl/N-ethyl adjacent to an activating group) is 1. The molecule has 192 valence electrons. The minimum Gasteiger partial charge on any atom is -0.495 e. The first-order valence-electron chi connectivity index (χ1n) is 12.6. The molecular formula is C27H27N9O2. The van der Waals surface area contributed by atoms with Gasteiger partial charge in [-0.2, -0.15) is 5.10 Å². The molecule has 11 nitrogen and oxygen atoms in total. The van der Waals surface area contributed by atoms with E-state index in [1.54, 1.807) is 30.3 Å². The molecule has 2 aliphatic rings. The number of hydrogen-bond donors (Lipinski definition) is 1. The van der Waals surface area contributed by atoms with Crippen LogP contribution in [0.3, 0.4) is 0 Å². The predicted molar refractivity (Wildman–Crippen MR) is 144 cm³/mol. The normalized spacial score (nSPS) is 19.0. The van der Waals surface area contributed by atoms with Gasteiger partial charge in [0.1, 0.15) is 36.3 Å². The van der Waals surface area contributed by atoms with Gasteiger partial charge in [-0.15, -0.1) is 0 Å². The summed E-state index contributed by atoms with van der Waals surface area (Å²) >= 11 is 0. The molecule has 2 fully saturated rings. The van der Waals surface area contributed by atoms with Gasteiger partial charge in [-0.05, 0) is 56.3 Å². The Morgan fingerprint density at radius 2 is 1.87 bits per heavy atom. The van der Waals surface area contributed by atoms with Crippen molar-refractivity contribution in [1.29, 1.82) is 0 Å². The van der Waals surface area contributed by atoms with E-state index in [0.29, 0.717) is 29.4 Å². The zero-order valence-electron chi connectivity index (χ0n) is 21.4. The molecule has 0 radical (unpaired) electrons. The molecule has 2 saturated heterocycles. The SMILES string of the molecule is COc1ccc2ncnc(Nc3ccc(Oc4cc5ncnn5cn4)c(C)c3)c2c1N1C[C@@H]2[C@H]1CCN2C. The lowest BCUT2D eigenvalue weighted by Gasteiger charge is -2.48. The number of rotatable bonds is 6. The predicted octanol–water partition coefficient (Wildman–Crippen LogP) is 3.81. The Labute approximate surface area is 219 Å². The lowest BCUT2D eigenvalue weighted by Crippen LogP contribution is -2.61. The van der Waals surface area contributed by atoms with E-state index >= 15 is 0 Å². The Balaban J connectivity index is 1.21. The fraction of sp³-hybridized carbons (Fsp3) is 0.296. The zero-order chi connectivity index (χ0) is 25.8. The van der Waals surface area contributed by atoms with Gasteiger partial charge in [0.15, 0.2) is 5.65 Å². The Hall–Kier alpha value is -4.51. The zero-order valence-corrected chi connectivity index (χ0v) is 21.4. The van der Waals surface area contributed by atoms with E-state index in [2.05, 4.69) is 47.2 Å². The monoisotopic (exact) mass is 509 g/mol. The molecule has 0 aliphatic carbocycles. The maximum absolute atomic E-state index is 6.04. The number of ether oxygens (including phenoxy) is 2. The van der Waals surface area contributed by atoms with E-state index in [1.807, 2.05) is 37.3 Å². The molecule has 5 heterocycles. The van der Waals surface area contributed by atoms with Crippen molar-refractivity contribution in [2.24, 2.45) is 0 Å². The van der Waals surface area contributed by atoms with Gasteiger partial charge in [0, 0.05) is 36.9 Å². The van der Waals surface area contributed by atoms with E-state index in [1.165, 1.54) is 6.33 Å². The van der Waals surface area contributed by atoms with Crippen LogP contribution in [0.15, 0.2) is 55.4 Å². The molecule has 11 heteroatoms. The summed E-state index contributed by atoms with van der Waals surface area (Å²) in [5.74, 6) is 2.74. The molecule has 1 N–H and O–H groups in total. The van der Waals surface area contributed by atoms with Gasteiger partial charge in [0.25, 0.3) is 0 Å². The number of anilines is 3.